The van der Waals surface area contributed by atoms with Crippen LogP contribution in [-0.4, -0.2) is 44.7 Å². The highest BCUT2D eigenvalue weighted by atomic mass is 16.5. The lowest BCUT2D eigenvalue weighted by Gasteiger charge is -2.24. The van der Waals surface area contributed by atoms with Crippen LogP contribution in [0.2, 0.25) is 0 Å². The van der Waals surface area contributed by atoms with E-state index in [0.717, 1.165) is 37.3 Å². The van der Waals surface area contributed by atoms with Crippen LogP contribution in [0.25, 0.3) is 5.70 Å². The lowest BCUT2D eigenvalue weighted by Crippen LogP contribution is -2.32. The third kappa shape index (κ3) is 5.63. The molecule has 0 aliphatic heterocycles. The molecule has 30 heavy (non-hydrogen) atoms. The minimum absolute atomic E-state index is 0.286. The van der Waals surface area contributed by atoms with Crippen molar-refractivity contribution in [1.82, 2.24) is 25.0 Å². The molecule has 9 heteroatoms. The fourth-order valence-electron chi connectivity index (χ4n) is 3.60. The summed E-state index contributed by atoms with van der Waals surface area (Å²) in [5.74, 6) is 7.55. The van der Waals surface area contributed by atoms with Crippen LogP contribution in [-0.2, 0) is 6.54 Å². The SMILES string of the molecule is CCCn1ncc(NC/C(=C(/N)c2ccc(OC3CCCCC3)c(C)n2)N(C)N)n1. The number of ether oxygens (including phenoxy) is 1. The van der Waals surface area contributed by atoms with E-state index in [1.165, 1.54) is 24.3 Å². The first-order chi connectivity index (χ1) is 14.5. The summed E-state index contributed by atoms with van der Waals surface area (Å²) in [7, 11) is 1.76. The summed E-state index contributed by atoms with van der Waals surface area (Å²) in [5.41, 5.74) is 9.17. The molecule has 0 saturated heterocycles. The zero-order chi connectivity index (χ0) is 21.5. The second-order valence-electron chi connectivity index (χ2n) is 7.81. The number of anilines is 1. The first kappa shape index (κ1) is 21.9. The molecule has 1 aliphatic rings. The fourth-order valence-corrected chi connectivity index (χ4v) is 3.60. The number of hydrogen-bond acceptors (Lipinski definition) is 8. The van der Waals surface area contributed by atoms with Gasteiger partial charge < -0.3 is 20.8 Å². The van der Waals surface area contributed by atoms with Crippen LogP contribution in [0.4, 0.5) is 5.82 Å². The lowest BCUT2D eigenvalue weighted by molar-refractivity contribution is 0.153. The minimum Gasteiger partial charge on any atom is -0.489 e. The molecular formula is C21H34N8O. The van der Waals surface area contributed by atoms with E-state index in [0.29, 0.717) is 29.5 Å². The van der Waals surface area contributed by atoms with E-state index >= 15 is 0 Å². The molecule has 164 valence electrons. The molecule has 9 nitrogen and oxygen atoms in total. The maximum atomic E-state index is 6.43. The molecule has 2 aromatic rings. The average Bonchev–Trinajstić information content (AvgIpc) is 3.18. The number of likely N-dealkylation sites (N-methyl/N-ethyl adjacent to an activating group) is 1. The number of nitrogens with two attached hydrogens (primary N) is 2. The summed E-state index contributed by atoms with van der Waals surface area (Å²) in [5, 5.41) is 13.3. The van der Waals surface area contributed by atoms with Crippen LogP contribution >= 0.6 is 0 Å². The summed E-state index contributed by atoms with van der Waals surface area (Å²) in [6, 6.07) is 3.85. The topological polar surface area (TPSA) is 120 Å². The van der Waals surface area contributed by atoms with E-state index in [9.17, 15) is 0 Å². The predicted molar refractivity (Wildman–Crippen MR) is 118 cm³/mol. The molecule has 2 heterocycles. The van der Waals surface area contributed by atoms with Gasteiger partial charge in [-0.3, -0.25) is 0 Å². The van der Waals surface area contributed by atoms with Crippen LogP contribution in [0, 0.1) is 6.92 Å². The number of aryl methyl sites for hydroxylation is 2. The highest BCUT2D eigenvalue weighted by Gasteiger charge is 2.17. The van der Waals surface area contributed by atoms with Crippen molar-refractivity contribution in [2.75, 3.05) is 18.9 Å². The lowest BCUT2D eigenvalue weighted by atomic mass is 9.98. The quantitative estimate of drug-likeness (QED) is 0.423. The maximum Gasteiger partial charge on any atom is 0.168 e. The Balaban J connectivity index is 1.72. The average molecular weight is 415 g/mol. The summed E-state index contributed by atoms with van der Waals surface area (Å²) in [4.78, 5) is 6.34. The maximum absolute atomic E-state index is 6.43. The third-order valence-corrected chi connectivity index (χ3v) is 5.29. The molecule has 0 unspecified atom stereocenters. The van der Waals surface area contributed by atoms with Gasteiger partial charge in [0.25, 0.3) is 0 Å². The summed E-state index contributed by atoms with van der Waals surface area (Å²) >= 11 is 0. The molecule has 0 amide bonds. The molecule has 1 saturated carbocycles. The van der Waals surface area contributed by atoms with Crippen molar-refractivity contribution in [2.24, 2.45) is 11.6 Å². The van der Waals surface area contributed by atoms with Gasteiger partial charge in [0.2, 0.25) is 0 Å². The summed E-state index contributed by atoms with van der Waals surface area (Å²) < 4.78 is 6.17. The van der Waals surface area contributed by atoms with Gasteiger partial charge in [-0.1, -0.05) is 13.3 Å². The van der Waals surface area contributed by atoms with E-state index in [-0.39, 0.29) is 6.10 Å². The van der Waals surface area contributed by atoms with Gasteiger partial charge in [0, 0.05) is 7.05 Å². The highest BCUT2D eigenvalue weighted by molar-refractivity contribution is 5.64. The number of nitrogens with one attached hydrogen (secondary N) is 1. The Morgan fingerprint density at radius 3 is 2.73 bits per heavy atom. The minimum atomic E-state index is 0.286. The number of rotatable bonds is 9. The van der Waals surface area contributed by atoms with E-state index < -0.39 is 0 Å². The largest absolute Gasteiger partial charge is 0.489 e. The first-order valence-electron chi connectivity index (χ1n) is 10.7. The Labute approximate surface area is 178 Å². The Morgan fingerprint density at radius 1 is 1.30 bits per heavy atom. The van der Waals surface area contributed by atoms with E-state index in [1.54, 1.807) is 18.0 Å². The van der Waals surface area contributed by atoms with E-state index in [1.807, 2.05) is 19.1 Å². The van der Waals surface area contributed by atoms with Crippen molar-refractivity contribution in [3.63, 3.8) is 0 Å². The smallest absolute Gasteiger partial charge is 0.168 e. The van der Waals surface area contributed by atoms with Crippen molar-refractivity contribution in [3.05, 3.63) is 35.4 Å². The van der Waals surface area contributed by atoms with Crippen LogP contribution in [0.5, 0.6) is 5.75 Å². The number of pyridine rings is 1. The van der Waals surface area contributed by atoms with Gasteiger partial charge in [-0.05, 0) is 51.2 Å². The van der Waals surface area contributed by atoms with Gasteiger partial charge in [0.15, 0.2) is 5.82 Å². The van der Waals surface area contributed by atoms with Gasteiger partial charge in [0.05, 0.1) is 48.2 Å². The van der Waals surface area contributed by atoms with Crippen LogP contribution in [0.3, 0.4) is 0 Å². The van der Waals surface area contributed by atoms with Crippen molar-refractivity contribution in [1.29, 1.82) is 0 Å². The second kappa shape index (κ2) is 10.3. The monoisotopic (exact) mass is 414 g/mol. The second-order valence-corrected chi connectivity index (χ2v) is 7.81. The van der Waals surface area contributed by atoms with Gasteiger partial charge >= 0.3 is 0 Å². The van der Waals surface area contributed by atoms with Gasteiger partial charge in [-0.25, -0.2) is 10.8 Å². The molecule has 3 rings (SSSR count). The van der Waals surface area contributed by atoms with Crippen molar-refractivity contribution in [3.8, 4) is 5.75 Å². The molecule has 0 bridgehead atoms. The number of hydrogen-bond donors (Lipinski definition) is 3. The van der Waals surface area contributed by atoms with Crippen LogP contribution in [0.15, 0.2) is 24.0 Å². The Bertz CT molecular complexity index is 854. The zero-order valence-electron chi connectivity index (χ0n) is 18.3. The van der Waals surface area contributed by atoms with Crippen molar-refractivity contribution in [2.45, 2.75) is 65.0 Å². The molecule has 0 aromatic carbocycles. The van der Waals surface area contributed by atoms with Gasteiger partial charge in [-0.2, -0.15) is 9.90 Å². The normalized spacial score (nSPS) is 15.6. The summed E-state index contributed by atoms with van der Waals surface area (Å²) in [6.45, 7) is 5.22. The van der Waals surface area contributed by atoms with Crippen LogP contribution < -0.4 is 21.6 Å². The van der Waals surface area contributed by atoms with E-state index in [2.05, 4.69) is 27.4 Å². The zero-order valence-corrected chi connectivity index (χ0v) is 18.3. The summed E-state index contributed by atoms with van der Waals surface area (Å²) in [6.07, 6.45) is 8.94. The first-order valence-corrected chi connectivity index (χ1v) is 10.7. The molecule has 5 N–H and O–H groups in total. The van der Waals surface area contributed by atoms with Gasteiger partial charge in [0.1, 0.15) is 5.75 Å². The molecule has 1 fully saturated rings. The Morgan fingerprint density at radius 2 is 2.07 bits per heavy atom. The molecule has 0 atom stereocenters. The molecule has 0 spiro atoms. The van der Waals surface area contributed by atoms with Gasteiger partial charge in [-0.15, -0.1) is 5.10 Å². The Kier molecular flexibility index (Phi) is 7.51. The van der Waals surface area contributed by atoms with E-state index in [4.69, 9.17) is 16.3 Å². The number of hydrazine groups is 1. The molecule has 2 aromatic heterocycles. The number of nitrogens with zero attached hydrogens (tertiary/aromatic N) is 5. The van der Waals surface area contributed by atoms with Crippen molar-refractivity contribution >= 4 is 11.5 Å². The standard InChI is InChI=1S/C21H34N8O/c1-4-12-29-25-14-20(27-29)24-13-18(28(3)23)21(22)17-10-11-19(15(2)26-17)30-16-8-6-5-7-9-16/h10-11,14,16H,4-9,12-13,22-23H2,1-3H3,(H,24,27)/b21-18-. The predicted octanol–water partition coefficient (Wildman–Crippen LogP) is 2.65. The fraction of sp³-hybridized carbons (Fsp3) is 0.571. The molecule has 0 radical (unpaired) electrons. The highest BCUT2D eigenvalue weighted by Crippen LogP contribution is 2.26. The Hall–Kier alpha value is -2.81. The molecular weight excluding hydrogens is 380 g/mol. The number of aromatic nitrogens is 4. The van der Waals surface area contributed by atoms with Crippen molar-refractivity contribution < 1.29 is 4.74 Å². The van der Waals surface area contributed by atoms with Crippen LogP contribution in [0.1, 0.15) is 56.8 Å². The third-order valence-electron chi connectivity index (χ3n) is 5.29. The molecule has 1 aliphatic carbocycles.